The average Bonchev–Trinajstić information content (AvgIpc) is 1.99. The van der Waals surface area contributed by atoms with Crippen molar-refractivity contribution in [3.05, 3.63) is 0 Å². The maximum absolute atomic E-state index is 10.4. The van der Waals surface area contributed by atoms with E-state index in [9.17, 15) is 4.79 Å². The van der Waals surface area contributed by atoms with Gasteiger partial charge < -0.3 is 9.47 Å². The molecule has 0 bridgehead atoms. The van der Waals surface area contributed by atoms with E-state index in [1.807, 2.05) is 0 Å². The Kier molecular flexibility index (Phi) is 5.85. The van der Waals surface area contributed by atoms with Crippen LogP contribution in [0.3, 0.4) is 0 Å². The highest BCUT2D eigenvalue weighted by molar-refractivity contribution is 8.88. The number of methoxy groups -OCH3 is 2. The highest BCUT2D eigenvalue weighted by Crippen LogP contribution is 2.24. The lowest BCUT2D eigenvalue weighted by atomic mass is 11.5. The molecule has 0 heterocycles. The van der Waals surface area contributed by atoms with Gasteiger partial charge in [-0.25, -0.2) is 4.79 Å². The Balaban J connectivity index is 3.35. The quantitative estimate of drug-likeness (QED) is 0.337. The minimum atomic E-state index is -0.385. The lowest BCUT2D eigenvalue weighted by Gasteiger charge is -1.97. The summed E-state index contributed by atoms with van der Waals surface area (Å²) < 4.78 is 9.26. The van der Waals surface area contributed by atoms with Crippen LogP contribution < -0.4 is 0 Å². The number of ether oxygens (including phenoxy) is 2. The number of carbonyl (C=O) groups is 1. The molecular formula is C4H6O3S3. The van der Waals surface area contributed by atoms with Crippen molar-refractivity contribution in [1.29, 1.82) is 0 Å². The van der Waals surface area contributed by atoms with E-state index in [4.69, 9.17) is 0 Å². The van der Waals surface area contributed by atoms with Gasteiger partial charge in [0.25, 0.3) is 0 Å². The SMILES string of the molecule is COC(=O)SSC(=S)OC. The van der Waals surface area contributed by atoms with Crippen LogP contribution in [0.2, 0.25) is 0 Å². The third-order valence-corrected chi connectivity index (χ3v) is 3.05. The van der Waals surface area contributed by atoms with Crippen LogP contribution >= 0.6 is 33.8 Å². The van der Waals surface area contributed by atoms with E-state index in [1.165, 1.54) is 14.2 Å². The van der Waals surface area contributed by atoms with Gasteiger partial charge in [-0.2, -0.15) is 0 Å². The highest BCUT2D eigenvalue weighted by Gasteiger charge is 2.04. The monoisotopic (exact) mass is 198 g/mol. The first-order valence-corrected chi connectivity index (χ1v) is 4.77. The van der Waals surface area contributed by atoms with Crippen LogP contribution in [0, 0.1) is 0 Å². The van der Waals surface area contributed by atoms with Crippen molar-refractivity contribution in [1.82, 2.24) is 0 Å². The van der Waals surface area contributed by atoms with Crippen LogP contribution in [0.1, 0.15) is 0 Å². The van der Waals surface area contributed by atoms with Gasteiger partial charge in [-0.05, 0) is 12.2 Å². The smallest absolute Gasteiger partial charge is 0.378 e. The molecule has 0 aliphatic heterocycles. The fourth-order valence-electron chi connectivity index (χ4n) is 0.136. The van der Waals surface area contributed by atoms with Gasteiger partial charge in [0.1, 0.15) is 0 Å². The standard InChI is InChI=1S/C4H6O3S3/c1-6-3(5)9-10-4(8)7-2/h1-2H3. The summed E-state index contributed by atoms with van der Waals surface area (Å²) in [6.45, 7) is 0. The summed E-state index contributed by atoms with van der Waals surface area (Å²) in [5, 5.41) is -0.385. The molecule has 0 saturated heterocycles. The molecule has 0 aromatic carbocycles. The van der Waals surface area contributed by atoms with Gasteiger partial charge in [0, 0.05) is 21.6 Å². The summed E-state index contributed by atoms with van der Waals surface area (Å²) in [5.74, 6) is 0. The zero-order valence-electron chi connectivity index (χ0n) is 5.45. The summed E-state index contributed by atoms with van der Waals surface area (Å²) in [5.41, 5.74) is 0. The van der Waals surface area contributed by atoms with Crippen LogP contribution in [0.15, 0.2) is 0 Å². The molecule has 0 aromatic heterocycles. The zero-order chi connectivity index (χ0) is 7.98. The fraction of sp³-hybridized carbons (Fsp3) is 0.500. The van der Waals surface area contributed by atoms with E-state index in [0.717, 1.165) is 21.6 Å². The molecule has 6 heteroatoms. The van der Waals surface area contributed by atoms with Crippen molar-refractivity contribution in [2.75, 3.05) is 14.2 Å². The molecule has 0 N–H and O–H groups in total. The molecule has 0 radical (unpaired) electrons. The maximum atomic E-state index is 10.4. The second kappa shape index (κ2) is 5.82. The molecule has 0 amide bonds. The lowest BCUT2D eigenvalue weighted by molar-refractivity contribution is 0.200. The molecule has 0 aliphatic carbocycles. The van der Waals surface area contributed by atoms with Crippen molar-refractivity contribution in [2.24, 2.45) is 0 Å². The van der Waals surface area contributed by atoms with Gasteiger partial charge >= 0.3 is 5.30 Å². The van der Waals surface area contributed by atoms with Crippen molar-refractivity contribution in [3.63, 3.8) is 0 Å². The summed E-state index contributed by atoms with van der Waals surface area (Å²) in [6.07, 6.45) is 0. The van der Waals surface area contributed by atoms with Crippen LogP contribution in [0.5, 0.6) is 0 Å². The Morgan fingerprint density at radius 3 is 2.30 bits per heavy atom. The molecule has 0 unspecified atom stereocenters. The summed E-state index contributed by atoms with van der Waals surface area (Å²) in [6, 6.07) is 0. The molecule has 0 fully saturated rings. The molecule has 10 heavy (non-hydrogen) atoms. The average molecular weight is 198 g/mol. The van der Waals surface area contributed by atoms with E-state index in [0.29, 0.717) is 4.38 Å². The van der Waals surface area contributed by atoms with Crippen molar-refractivity contribution in [2.45, 2.75) is 0 Å². The van der Waals surface area contributed by atoms with Gasteiger partial charge in [-0.1, -0.05) is 0 Å². The molecule has 0 aliphatic rings. The summed E-state index contributed by atoms with van der Waals surface area (Å²) in [4.78, 5) is 10.4. The van der Waals surface area contributed by atoms with E-state index in [-0.39, 0.29) is 5.30 Å². The number of carbonyl (C=O) groups excluding carboxylic acids is 1. The van der Waals surface area contributed by atoms with Gasteiger partial charge in [0.05, 0.1) is 14.2 Å². The molecule has 0 rings (SSSR count). The van der Waals surface area contributed by atoms with Crippen molar-refractivity contribution in [3.8, 4) is 0 Å². The zero-order valence-corrected chi connectivity index (χ0v) is 7.90. The van der Waals surface area contributed by atoms with Crippen molar-refractivity contribution < 1.29 is 14.3 Å². The third kappa shape index (κ3) is 4.89. The van der Waals surface area contributed by atoms with Crippen molar-refractivity contribution >= 4 is 43.5 Å². The predicted octanol–water partition coefficient (Wildman–Crippen LogP) is 2.07. The van der Waals surface area contributed by atoms with E-state index < -0.39 is 0 Å². The molecule has 3 nitrogen and oxygen atoms in total. The Bertz CT molecular complexity index is 120. The van der Waals surface area contributed by atoms with Gasteiger partial charge in [0.15, 0.2) is 0 Å². The molecule has 0 spiro atoms. The maximum Gasteiger partial charge on any atom is 0.378 e. The minimum Gasteiger partial charge on any atom is -0.481 e. The topological polar surface area (TPSA) is 35.5 Å². The highest BCUT2D eigenvalue weighted by atomic mass is 33.1. The van der Waals surface area contributed by atoms with E-state index in [2.05, 4.69) is 21.7 Å². The third-order valence-electron chi connectivity index (χ3n) is 0.511. The fourth-order valence-corrected chi connectivity index (χ4v) is 1.53. The summed E-state index contributed by atoms with van der Waals surface area (Å²) >= 11 is 4.63. The van der Waals surface area contributed by atoms with Gasteiger partial charge in [-0.3, -0.25) is 0 Å². The van der Waals surface area contributed by atoms with Crippen LogP contribution in [0.4, 0.5) is 4.79 Å². The van der Waals surface area contributed by atoms with Crippen LogP contribution in [-0.2, 0) is 9.47 Å². The number of hydrogen-bond acceptors (Lipinski definition) is 6. The first-order valence-electron chi connectivity index (χ1n) is 2.21. The molecule has 0 saturated carbocycles. The predicted molar refractivity (Wildman–Crippen MR) is 47.2 cm³/mol. The normalized spacial score (nSPS) is 8.60. The Hall–Kier alpha value is 0.0600. The van der Waals surface area contributed by atoms with E-state index in [1.54, 1.807) is 0 Å². The van der Waals surface area contributed by atoms with Gasteiger partial charge in [-0.15, -0.1) is 0 Å². The number of hydrogen-bond donors (Lipinski definition) is 0. The Labute approximate surface area is 72.2 Å². The first-order chi connectivity index (χ1) is 4.70. The second-order valence-corrected chi connectivity index (χ2v) is 3.74. The summed E-state index contributed by atoms with van der Waals surface area (Å²) in [7, 11) is 4.72. The van der Waals surface area contributed by atoms with Crippen LogP contribution in [0.25, 0.3) is 0 Å². The lowest BCUT2D eigenvalue weighted by Crippen LogP contribution is -1.91. The molecule has 0 atom stereocenters. The number of rotatable bonds is 0. The Morgan fingerprint density at radius 2 is 1.90 bits per heavy atom. The number of thiocarbonyl (C=S) groups is 1. The van der Waals surface area contributed by atoms with Crippen LogP contribution in [-0.4, -0.2) is 23.9 Å². The second-order valence-electron chi connectivity index (χ2n) is 1.07. The molecule has 0 aromatic rings. The largest absolute Gasteiger partial charge is 0.481 e. The first kappa shape index (κ1) is 10.1. The van der Waals surface area contributed by atoms with E-state index >= 15 is 0 Å². The molecular weight excluding hydrogens is 192 g/mol. The molecule has 58 valence electrons. The minimum absolute atomic E-state index is 0.315. The Morgan fingerprint density at radius 1 is 1.30 bits per heavy atom. The van der Waals surface area contributed by atoms with Gasteiger partial charge in [0.2, 0.25) is 4.38 Å².